The molecule has 0 radical (unpaired) electrons. The van der Waals surface area contributed by atoms with Crippen molar-refractivity contribution in [2.75, 3.05) is 13.2 Å². The Morgan fingerprint density at radius 2 is 1.58 bits per heavy atom. The Hall–Kier alpha value is -4.10. The SMILES string of the molecule is Cc1c(C(=O)NCCCc2cccc(N=Nc3ccccc3)c2)nn(CCCCCO)c1-c1ccccc1. The lowest BCUT2D eigenvalue weighted by Gasteiger charge is -2.08. The van der Waals surface area contributed by atoms with Crippen LogP contribution in [0, 0.1) is 6.92 Å². The van der Waals surface area contributed by atoms with Gasteiger partial charge in [-0.25, -0.2) is 0 Å². The van der Waals surface area contributed by atoms with Gasteiger partial charge in [0.05, 0.1) is 17.1 Å². The van der Waals surface area contributed by atoms with Gasteiger partial charge in [0.15, 0.2) is 5.69 Å². The predicted octanol–water partition coefficient (Wildman–Crippen LogP) is 6.80. The first-order valence-electron chi connectivity index (χ1n) is 13.2. The summed E-state index contributed by atoms with van der Waals surface area (Å²) < 4.78 is 1.94. The highest BCUT2D eigenvalue weighted by Gasteiger charge is 2.20. The lowest BCUT2D eigenvalue weighted by atomic mass is 10.1. The fourth-order valence-electron chi connectivity index (χ4n) is 4.40. The number of carbonyl (C=O) groups is 1. The molecule has 38 heavy (non-hydrogen) atoms. The molecule has 4 aromatic rings. The molecule has 0 saturated carbocycles. The second-order valence-electron chi connectivity index (χ2n) is 9.26. The highest BCUT2D eigenvalue weighted by Crippen LogP contribution is 2.26. The molecule has 1 heterocycles. The molecule has 0 unspecified atom stereocenters. The summed E-state index contributed by atoms with van der Waals surface area (Å²) >= 11 is 0. The van der Waals surface area contributed by atoms with Crippen molar-refractivity contribution in [2.24, 2.45) is 10.2 Å². The van der Waals surface area contributed by atoms with Crippen molar-refractivity contribution in [3.63, 3.8) is 0 Å². The van der Waals surface area contributed by atoms with Crippen LogP contribution in [-0.4, -0.2) is 33.9 Å². The number of aliphatic hydroxyl groups excluding tert-OH is 1. The number of unbranched alkanes of at least 4 members (excludes halogenated alkanes) is 2. The van der Waals surface area contributed by atoms with Crippen LogP contribution < -0.4 is 5.32 Å². The molecule has 0 atom stereocenters. The van der Waals surface area contributed by atoms with Gasteiger partial charge >= 0.3 is 0 Å². The van der Waals surface area contributed by atoms with E-state index in [0.29, 0.717) is 18.8 Å². The van der Waals surface area contributed by atoms with E-state index in [1.54, 1.807) is 0 Å². The molecule has 196 valence electrons. The number of aliphatic hydroxyl groups is 1. The molecule has 2 N–H and O–H groups in total. The van der Waals surface area contributed by atoms with Crippen molar-refractivity contribution < 1.29 is 9.90 Å². The van der Waals surface area contributed by atoms with E-state index in [0.717, 1.165) is 65.9 Å². The number of benzene rings is 3. The number of nitrogens with one attached hydrogen (secondary N) is 1. The minimum Gasteiger partial charge on any atom is -0.396 e. The van der Waals surface area contributed by atoms with Gasteiger partial charge in [-0.15, -0.1) is 0 Å². The fourth-order valence-corrected chi connectivity index (χ4v) is 4.40. The maximum Gasteiger partial charge on any atom is 0.272 e. The van der Waals surface area contributed by atoms with Crippen LogP contribution in [0.25, 0.3) is 11.3 Å². The Morgan fingerprint density at radius 1 is 0.868 bits per heavy atom. The molecule has 0 saturated heterocycles. The van der Waals surface area contributed by atoms with E-state index >= 15 is 0 Å². The zero-order valence-electron chi connectivity index (χ0n) is 21.9. The van der Waals surface area contributed by atoms with Crippen molar-refractivity contribution in [1.29, 1.82) is 0 Å². The first-order chi connectivity index (χ1) is 18.7. The molecule has 0 aliphatic rings. The molecule has 4 rings (SSSR count). The van der Waals surface area contributed by atoms with Crippen molar-refractivity contribution in [1.82, 2.24) is 15.1 Å². The van der Waals surface area contributed by atoms with Crippen LogP contribution in [0.2, 0.25) is 0 Å². The van der Waals surface area contributed by atoms with Gasteiger partial charge < -0.3 is 10.4 Å². The second-order valence-corrected chi connectivity index (χ2v) is 9.26. The third-order valence-electron chi connectivity index (χ3n) is 6.36. The normalized spacial score (nSPS) is 11.2. The number of aromatic nitrogens is 2. The summed E-state index contributed by atoms with van der Waals surface area (Å²) in [5, 5.41) is 25.5. The van der Waals surface area contributed by atoms with Gasteiger partial charge in [-0.3, -0.25) is 9.48 Å². The number of azo groups is 1. The standard InChI is InChI=1S/C31H35N5O2/c1-24-29(35-36(21-9-4-10-22-37)30(24)26-15-5-2-6-16-26)31(38)32-20-12-14-25-13-11-19-28(23-25)34-33-27-17-7-3-8-18-27/h2-3,5-8,11,13,15-19,23,37H,4,9-10,12,14,20-22H2,1H3,(H,32,38). The Labute approximate surface area is 224 Å². The van der Waals surface area contributed by atoms with Crippen molar-refractivity contribution in [2.45, 2.75) is 45.6 Å². The molecule has 3 aromatic carbocycles. The van der Waals surface area contributed by atoms with Gasteiger partial charge in [0.2, 0.25) is 0 Å². The molecule has 0 aliphatic carbocycles. The molecule has 1 aromatic heterocycles. The van der Waals surface area contributed by atoms with E-state index in [2.05, 4.69) is 21.6 Å². The van der Waals surface area contributed by atoms with Crippen LogP contribution in [0.3, 0.4) is 0 Å². The number of hydrogen-bond acceptors (Lipinski definition) is 5. The van der Waals surface area contributed by atoms with Crippen LogP contribution in [0.15, 0.2) is 95.2 Å². The van der Waals surface area contributed by atoms with Gasteiger partial charge in [0, 0.05) is 30.8 Å². The second kappa shape index (κ2) is 14.0. The summed E-state index contributed by atoms with van der Waals surface area (Å²) in [6.45, 7) is 3.41. The zero-order valence-corrected chi connectivity index (χ0v) is 21.9. The molecule has 0 aliphatic heterocycles. The Morgan fingerprint density at radius 3 is 2.34 bits per heavy atom. The first-order valence-corrected chi connectivity index (χ1v) is 13.2. The molecular formula is C31H35N5O2. The van der Waals surface area contributed by atoms with Gasteiger partial charge in [-0.2, -0.15) is 15.3 Å². The number of aryl methyl sites for hydroxylation is 2. The summed E-state index contributed by atoms with van der Waals surface area (Å²) in [4.78, 5) is 13.1. The average molecular weight is 510 g/mol. The lowest BCUT2D eigenvalue weighted by Crippen LogP contribution is -2.26. The molecule has 7 heteroatoms. The topological polar surface area (TPSA) is 91.9 Å². The minimum atomic E-state index is -0.154. The van der Waals surface area contributed by atoms with Crippen LogP contribution >= 0.6 is 0 Å². The largest absolute Gasteiger partial charge is 0.396 e. The van der Waals surface area contributed by atoms with E-state index in [1.165, 1.54) is 0 Å². The average Bonchev–Trinajstić information content (AvgIpc) is 3.29. The molecule has 0 bridgehead atoms. The van der Waals surface area contributed by atoms with Crippen LogP contribution in [0.4, 0.5) is 11.4 Å². The van der Waals surface area contributed by atoms with Gasteiger partial charge in [-0.1, -0.05) is 60.7 Å². The van der Waals surface area contributed by atoms with Crippen molar-refractivity contribution in [3.05, 3.63) is 102 Å². The van der Waals surface area contributed by atoms with E-state index in [9.17, 15) is 4.79 Å². The van der Waals surface area contributed by atoms with Crippen molar-refractivity contribution in [3.8, 4) is 11.3 Å². The minimum absolute atomic E-state index is 0.154. The number of nitrogens with zero attached hydrogens (tertiary/aromatic N) is 4. The quantitative estimate of drug-likeness (QED) is 0.153. The van der Waals surface area contributed by atoms with Crippen molar-refractivity contribution >= 4 is 17.3 Å². The number of amides is 1. The highest BCUT2D eigenvalue weighted by molar-refractivity contribution is 5.95. The van der Waals surface area contributed by atoms with E-state index in [-0.39, 0.29) is 12.5 Å². The van der Waals surface area contributed by atoms with Gasteiger partial charge in [-0.05, 0) is 68.9 Å². The van der Waals surface area contributed by atoms with Gasteiger partial charge in [0.25, 0.3) is 5.91 Å². The van der Waals surface area contributed by atoms with Crippen LogP contribution in [-0.2, 0) is 13.0 Å². The smallest absolute Gasteiger partial charge is 0.272 e. The summed E-state index contributed by atoms with van der Waals surface area (Å²) in [6, 6.07) is 27.7. The molecule has 1 amide bonds. The summed E-state index contributed by atoms with van der Waals surface area (Å²) in [7, 11) is 0. The molecule has 0 spiro atoms. The number of rotatable bonds is 13. The summed E-state index contributed by atoms with van der Waals surface area (Å²) in [5.74, 6) is -0.154. The predicted molar refractivity (Wildman–Crippen MR) is 151 cm³/mol. The maximum atomic E-state index is 13.1. The summed E-state index contributed by atoms with van der Waals surface area (Å²) in [6.07, 6.45) is 4.21. The Kier molecular flexibility index (Phi) is 9.93. The number of carbonyl (C=O) groups excluding carboxylic acids is 1. The van der Waals surface area contributed by atoms with Gasteiger partial charge in [0.1, 0.15) is 0 Å². The van der Waals surface area contributed by atoms with E-state index in [1.807, 2.05) is 90.5 Å². The van der Waals surface area contributed by atoms with Crippen LogP contribution in [0.1, 0.15) is 47.3 Å². The lowest BCUT2D eigenvalue weighted by molar-refractivity contribution is 0.0946. The van der Waals surface area contributed by atoms with E-state index in [4.69, 9.17) is 10.2 Å². The third-order valence-corrected chi connectivity index (χ3v) is 6.36. The Balaban J connectivity index is 1.35. The van der Waals surface area contributed by atoms with E-state index < -0.39 is 0 Å². The monoisotopic (exact) mass is 509 g/mol. The fraction of sp³-hybridized carbons (Fsp3) is 0.290. The third kappa shape index (κ3) is 7.46. The molecule has 7 nitrogen and oxygen atoms in total. The summed E-state index contributed by atoms with van der Waals surface area (Å²) in [5.41, 5.74) is 6.15. The molecular weight excluding hydrogens is 474 g/mol. The molecule has 0 fully saturated rings. The van der Waals surface area contributed by atoms with Crippen LogP contribution in [0.5, 0.6) is 0 Å². The highest BCUT2D eigenvalue weighted by atomic mass is 16.2. The maximum absolute atomic E-state index is 13.1. The Bertz CT molecular complexity index is 1330. The first kappa shape index (κ1) is 26.9. The zero-order chi connectivity index (χ0) is 26.6. The number of hydrogen-bond donors (Lipinski definition) is 2.